The number of carbonyl (C=O) groups is 1. The fourth-order valence-corrected chi connectivity index (χ4v) is 3.48. The summed E-state index contributed by atoms with van der Waals surface area (Å²) in [4.78, 5) is 14.8. The lowest BCUT2D eigenvalue weighted by molar-refractivity contribution is -0.136. The molecular weight excluding hydrogens is 302 g/mol. The fraction of sp³-hybridized carbons (Fsp3) is 0.562. The fourth-order valence-electron chi connectivity index (χ4n) is 3.09. The van der Waals surface area contributed by atoms with Gasteiger partial charge in [-0.3, -0.25) is 4.79 Å². The summed E-state index contributed by atoms with van der Waals surface area (Å²) < 4.78 is 0. The zero-order valence-corrected chi connectivity index (χ0v) is 12.7. The normalized spacial score (nSPS) is 21.8. The van der Waals surface area contributed by atoms with Crippen molar-refractivity contribution >= 4 is 21.8 Å². The Bertz CT molecular complexity index is 470. The Morgan fingerprint density at radius 1 is 1.21 bits per heavy atom. The summed E-state index contributed by atoms with van der Waals surface area (Å²) in [5.41, 5.74) is 2.81. The average molecular weight is 322 g/mol. The molecule has 1 aromatic carbocycles. The minimum absolute atomic E-state index is 0.203. The van der Waals surface area contributed by atoms with Gasteiger partial charge in [-0.05, 0) is 43.2 Å². The maximum absolute atomic E-state index is 12.7. The highest BCUT2D eigenvalue weighted by Gasteiger charge is 2.36. The molecule has 19 heavy (non-hydrogen) atoms. The van der Waals surface area contributed by atoms with Crippen molar-refractivity contribution < 1.29 is 4.79 Å². The first kappa shape index (κ1) is 13.2. The van der Waals surface area contributed by atoms with E-state index in [9.17, 15) is 4.79 Å². The van der Waals surface area contributed by atoms with Crippen LogP contribution in [0.2, 0.25) is 0 Å². The van der Waals surface area contributed by atoms with Gasteiger partial charge in [-0.2, -0.15) is 0 Å². The number of amides is 1. The third kappa shape index (κ3) is 2.86. The third-order valence-corrected chi connectivity index (χ3v) is 4.65. The molecule has 0 radical (unpaired) electrons. The second kappa shape index (κ2) is 5.66. The molecule has 1 aromatic rings. The Morgan fingerprint density at radius 2 is 1.95 bits per heavy atom. The number of alkyl halides is 1. The second-order valence-electron chi connectivity index (χ2n) is 5.66. The van der Waals surface area contributed by atoms with Crippen molar-refractivity contribution in [2.45, 2.75) is 38.1 Å². The molecule has 102 valence electrons. The smallest absolute Gasteiger partial charge is 0.226 e. The molecular formula is C16H20BrNO. The van der Waals surface area contributed by atoms with Crippen LogP contribution in [0.1, 0.15) is 30.4 Å². The van der Waals surface area contributed by atoms with Gasteiger partial charge in [-0.15, -0.1) is 0 Å². The van der Waals surface area contributed by atoms with Crippen molar-refractivity contribution in [1.29, 1.82) is 0 Å². The molecule has 1 amide bonds. The summed E-state index contributed by atoms with van der Waals surface area (Å²) in [5, 5.41) is 0.887. The van der Waals surface area contributed by atoms with Crippen molar-refractivity contribution in [2.75, 3.05) is 11.9 Å². The van der Waals surface area contributed by atoms with Gasteiger partial charge in [0.25, 0.3) is 0 Å². The van der Waals surface area contributed by atoms with Crippen molar-refractivity contribution in [1.82, 2.24) is 4.90 Å². The molecule has 1 saturated carbocycles. The highest BCUT2D eigenvalue weighted by molar-refractivity contribution is 9.09. The van der Waals surface area contributed by atoms with E-state index in [4.69, 9.17) is 0 Å². The van der Waals surface area contributed by atoms with Gasteiger partial charge < -0.3 is 4.90 Å². The number of carbonyl (C=O) groups excluding carboxylic acids is 1. The van der Waals surface area contributed by atoms with E-state index in [1.165, 1.54) is 24.0 Å². The molecule has 1 unspecified atom stereocenters. The summed E-state index contributed by atoms with van der Waals surface area (Å²) in [6, 6.07) is 9.10. The van der Waals surface area contributed by atoms with Crippen molar-refractivity contribution in [3.8, 4) is 0 Å². The molecule has 0 heterocycles. The van der Waals surface area contributed by atoms with E-state index in [1.54, 1.807) is 0 Å². The number of hydrogen-bond acceptors (Lipinski definition) is 1. The highest BCUT2D eigenvalue weighted by Crippen LogP contribution is 2.32. The van der Waals surface area contributed by atoms with E-state index >= 15 is 0 Å². The largest absolute Gasteiger partial charge is 0.339 e. The van der Waals surface area contributed by atoms with Crippen molar-refractivity contribution in [3.05, 3.63) is 35.4 Å². The number of hydrogen-bond donors (Lipinski definition) is 0. The van der Waals surface area contributed by atoms with Crippen LogP contribution in [0.3, 0.4) is 0 Å². The molecule has 2 nitrogen and oxygen atoms in total. The monoisotopic (exact) mass is 321 g/mol. The van der Waals surface area contributed by atoms with Crippen LogP contribution in [-0.4, -0.2) is 28.7 Å². The Morgan fingerprint density at radius 3 is 2.63 bits per heavy atom. The average Bonchev–Trinajstić information content (AvgIpc) is 3.28. The minimum atomic E-state index is 0.203. The highest BCUT2D eigenvalue weighted by atomic mass is 79.9. The third-order valence-electron chi connectivity index (χ3n) is 4.29. The van der Waals surface area contributed by atoms with Crippen LogP contribution in [0.5, 0.6) is 0 Å². The number of fused-ring (bicyclic) bond motifs is 1. The quantitative estimate of drug-likeness (QED) is 0.780. The Kier molecular flexibility index (Phi) is 3.92. The van der Waals surface area contributed by atoms with Gasteiger partial charge in [0, 0.05) is 23.8 Å². The van der Waals surface area contributed by atoms with Gasteiger partial charge in [0.05, 0.1) is 0 Å². The van der Waals surface area contributed by atoms with E-state index in [-0.39, 0.29) is 5.92 Å². The predicted molar refractivity (Wildman–Crippen MR) is 80.5 cm³/mol. The van der Waals surface area contributed by atoms with Gasteiger partial charge in [-0.1, -0.05) is 40.2 Å². The zero-order chi connectivity index (χ0) is 13.2. The maximum atomic E-state index is 12.7. The molecule has 0 aromatic heterocycles. The summed E-state index contributed by atoms with van der Waals surface area (Å²) in [7, 11) is 0. The maximum Gasteiger partial charge on any atom is 0.226 e. The van der Waals surface area contributed by atoms with Gasteiger partial charge in [0.2, 0.25) is 5.91 Å². The summed E-state index contributed by atoms with van der Waals surface area (Å²) >= 11 is 3.47. The van der Waals surface area contributed by atoms with Gasteiger partial charge in [0.15, 0.2) is 0 Å². The number of halogens is 1. The molecule has 0 N–H and O–H groups in total. The first-order valence-corrected chi connectivity index (χ1v) is 8.35. The van der Waals surface area contributed by atoms with Crippen LogP contribution < -0.4 is 0 Å². The molecule has 3 heteroatoms. The van der Waals surface area contributed by atoms with Crippen LogP contribution in [-0.2, 0) is 17.6 Å². The van der Waals surface area contributed by atoms with Gasteiger partial charge in [0.1, 0.15) is 0 Å². The number of rotatable bonds is 4. The molecule has 1 atom stereocenters. The molecule has 2 aliphatic rings. The Balaban J connectivity index is 1.71. The van der Waals surface area contributed by atoms with Crippen molar-refractivity contribution in [3.63, 3.8) is 0 Å². The van der Waals surface area contributed by atoms with E-state index < -0.39 is 0 Å². The Hall–Kier alpha value is -0.830. The lowest BCUT2D eigenvalue weighted by Gasteiger charge is -2.30. The SMILES string of the molecule is O=C(C1CCc2ccccc2C1)N(CCBr)C1CC1. The molecule has 3 rings (SSSR count). The predicted octanol–water partition coefficient (Wildman–Crippen LogP) is 3.18. The molecule has 1 fully saturated rings. The van der Waals surface area contributed by atoms with E-state index in [1.807, 2.05) is 0 Å². The van der Waals surface area contributed by atoms with Crippen molar-refractivity contribution in [2.24, 2.45) is 5.92 Å². The molecule has 0 bridgehead atoms. The first-order valence-electron chi connectivity index (χ1n) is 7.23. The molecule has 2 aliphatic carbocycles. The molecule has 0 aliphatic heterocycles. The summed E-state index contributed by atoms with van der Waals surface area (Å²) in [6.45, 7) is 0.863. The lowest BCUT2D eigenvalue weighted by atomic mass is 9.83. The Labute approximate surface area is 123 Å². The van der Waals surface area contributed by atoms with Gasteiger partial charge >= 0.3 is 0 Å². The zero-order valence-electron chi connectivity index (χ0n) is 11.1. The molecule has 0 saturated heterocycles. The number of nitrogens with zero attached hydrogens (tertiary/aromatic N) is 1. The second-order valence-corrected chi connectivity index (χ2v) is 6.45. The standard InChI is InChI=1S/C16H20BrNO/c17-9-10-18(15-7-8-15)16(19)14-6-5-12-3-1-2-4-13(12)11-14/h1-4,14-15H,5-11H2. The first-order chi connectivity index (χ1) is 9.29. The van der Waals surface area contributed by atoms with Crippen LogP contribution in [0.4, 0.5) is 0 Å². The van der Waals surface area contributed by atoms with E-state index in [2.05, 4.69) is 45.1 Å². The summed E-state index contributed by atoms with van der Waals surface area (Å²) in [5.74, 6) is 0.589. The summed E-state index contributed by atoms with van der Waals surface area (Å²) in [6.07, 6.45) is 5.39. The molecule has 0 spiro atoms. The van der Waals surface area contributed by atoms with E-state index in [0.717, 1.165) is 31.1 Å². The van der Waals surface area contributed by atoms with E-state index in [0.29, 0.717) is 11.9 Å². The van der Waals surface area contributed by atoms with Crippen LogP contribution in [0, 0.1) is 5.92 Å². The lowest BCUT2D eigenvalue weighted by Crippen LogP contribution is -2.40. The topological polar surface area (TPSA) is 20.3 Å². The van der Waals surface area contributed by atoms with Crippen LogP contribution in [0.25, 0.3) is 0 Å². The number of aryl methyl sites for hydroxylation is 1. The minimum Gasteiger partial charge on any atom is -0.339 e. The van der Waals surface area contributed by atoms with Crippen LogP contribution >= 0.6 is 15.9 Å². The van der Waals surface area contributed by atoms with Crippen LogP contribution in [0.15, 0.2) is 24.3 Å². The van der Waals surface area contributed by atoms with Gasteiger partial charge in [-0.25, -0.2) is 0 Å². The number of benzene rings is 1.